The zero-order chi connectivity index (χ0) is 9.84. The van der Waals surface area contributed by atoms with Crippen molar-refractivity contribution in [2.24, 2.45) is 11.7 Å². The molecule has 1 fully saturated rings. The number of rotatable bonds is 4. The molecule has 1 aliphatic rings. The first-order valence-corrected chi connectivity index (χ1v) is 4.63. The SMILES string of the molecule is CC(C)C[C@H](N)C(=O)OC1COC1. The molecule has 0 amide bonds. The van der Waals surface area contributed by atoms with Gasteiger partial charge in [-0.15, -0.1) is 0 Å². The molecular weight excluding hydrogens is 170 g/mol. The molecule has 76 valence electrons. The molecule has 1 heterocycles. The molecule has 1 saturated heterocycles. The predicted octanol–water partition coefficient (Wildman–Crippen LogP) is 0.302. The normalized spacial score (nSPS) is 19.7. The van der Waals surface area contributed by atoms with Crippen molar-refractivity contribution in [3.63, 3.8) is 0 Å². The van der Waals surface area contributed by atoms with Crippen LogP contribution in [0.4, 0.5) is 0 Å². The van der Waals surface area contributed by atoms with Crippen molar-refractivity contribution in [3.05, 3.63) is 0 Å². The van der Waals surface area contributed by atoms with Gasteiger partial charge in [-0.3, -0.25) is 4.79 Å². The molecule has 13 heavy (non-hydrogen) atoms. The summed E-state index contributed by atoms with van der Waals surface area (Å²) in [5, 5.41) is 0. The molecule has 0 aromatic carbocycles. The Morgan fingerprint density at radius 2 is 2.23 bits per heavy atom. The summed E-state index contributed by atoms with van der Waals surface area (Å²) < 4.78 is 9.94. The van der Waals surface area contributed by atoms with Crippen molar-refractivity contribution in [2.75, 3.05) is 13.2 Å². The summed E-state index contributed by atoms with van der Waals surface area (Å²) in [6, 6.07) is -0.486. The van der Waals surface area contributed by atoms with Gasteiger partial charge >= 0.3 is 5.97 Å². The number of carbonyl (C=O) groups excluding carboxylic acids is 1. The van der Waals surface area contributed by atoms with E-state index in [9.17, 15) is 4.79 Å². The lowest BCUT2D eigenvalue weighted by atomic mass is 10.0. The van der Waals surface area contributed by atoms with Crippen LogP contribution in [0.2, 0.25) is 0 Å². The van der Waals surface area contributed by atoms with Gasteiger partial charge in [-0.2, -0.15) is 0 Å². The molecule has 0 aromatic heterocycles. The van der Waals surface area contributed by atoms with Gasteiger partial charge in [0.1, 0.15) is 12.1 Å². The highest BCUT2D eigenvalue weighted by molar-refractivity contribution is 5.75. The van der Waals surface area contributed by atoms with Crippen LogP contribution in [-0.4, -0.2) is 31.3 Å². The van der Waals surface area contributed by atoms with E-state index in [1.54, 1.807) is 0 Å². The molecule has 0 spiro atoms. The van der Waals surface area contributed by atoms with Crippen LogP contribution >= 0.6 is 0 Å². The molecule has 1 aliphatic heterocycles. The molecule has 2 N–H and O–H groups in total. The van der Waals surface area contributed by atoms with Gasteiger partial charge in [0.2, 0.25) is 0 Å². The molecule has 0 aromatic rings. The standard InChI is InChI=1S/C9H17NO3/c1-6(2)3-8(10)9(11)13-7-4-12-5-7/h6-8H,3-5,10H2,1-2H3/t8-/m0/s1. The van der Waals surface area contributed by atoms with E-state index >= 15 is 0 Å². The fourth-order valence-corrected chi connectivity index (χ4v) is 1.14. The van der Waals surface area contributed by atoms with Crippen molar-refractivity contribution in [2.45, 2.75) is 32.4 Å². The van der Waals surface area contributed by atoms with Crippen LogP contribution in [0.3, 0.4) is 0 Å². The third kappa shape index (κ3) is 3.32. The highest BCUT2D eigenvalue weighted by atomic mass is 16.6. The summed E-state index contributed by atoms with van der Waals surface area (Å²) >= 11 is 0. The van der Waals surface area contributed by atoms with Crippen molar-refractivity contribution in [3.8, 4) is 0 Å². The van der Waals surface area contributed by atoms with Gasteiger partial charge in [0, 0.05) is 0 Å². The average Bonchev–Trinajstić information content (AvgIpc) is 1.94. The molecule has 1 atom stereocenters. The van der Waals surface area contributed by atoms with Gasteiger partial charge in [-0.05, 0) is 12.3 Å². The van der Waals surface area contributed by atoms with Crippen molar-refractivity contribution < 1.29 is 14.3 Å². The molecule has 0 saturated carbocycles. The third-order valence-electron chi connectivity index (χ3n) is 1.92. The minimum atomic E-state index is -0.486. The summed E-state index contributed by atoms with van der Waals surface area (Å²) in [4.78, 5) is 11.3. The van der Waals surface area contributed by atoms with E-state index in [-0.39, 0.29) is 12.1 Å². The van der Waals surface area contributed by atoms with Crippen LogP contribution in [0.1, 0.15) is 20.3 Å². The van der Waals surface area contributed by atoms with E-state index in [0.29, 0.717) is 25.6 Å². The molecule has 0 aliphatic carbocycles. The molecule has 4 nitrogen and oxygen atoms in total. The van der Waals surface area contributed by atoms with Gasteiger partial charge in [0.05, 0.1) is 13.2 Å². The highest BCUT2D eigenvalue weighted by Gasteiger charge is 2.25. The fourth-order valence-electron chi connectivity index (χ4n) is 1.14. The first-order chi connectivity index (χ1) is 6.09. The van der Waals surface area contributed by atoms with Gasteiger partial charge in [-0.25, -0.2) is 0 Å². The maximum absolute atomic E-state index is 11.3. The average molecular weight is 187 g/mol. The smallest absolute Gasteiger partial charge is 0.323 e. The minimum absolute atomic E-state index is 0.0642. The fraction of sp³-hybridized carbons (Fsp3) is 0.889. The van der Waals surface area contributed by atoms with E-state index < -0.39 is 6.04 Å². The first-order valence-electron chi connectivity index (χ1n) is 4.63. The Bertz CT molecular complexity index is 178. The number of nitrogens with two attached hydrogens (primary N) is 1. The first kappa shape index (κ1) is 10.5. The topological polar surface area (TPSA) is 61.6 Å². The molecule has 0 radical (unpaired) electrons. The lowest BCUT2D eigenvalue weighted by Gasteiger charge is -2.27. The number of hydrogen-bond acceptors (Lipinski definition) is 4. The lowest BCUT2D eigenvalue weighted by Crippen LogP contribution is -2.43. The molecular formula is C9H17NO3. The van der Waals surface area contributed by atoms with Crippen molar-refractivity contribution in [1.29, 1.82) is 0 Å². The van der Waals surface area contributed by atoms with E-state index in [4.69, 9.17) is 15.2 Å². The quantitative estimate of drug-likeness (QED) is 0.643. The van der Waals surface area contributed by atoms with E-state index in [0.717, 1.165) is 0 Å². The second-order valence-electron chi connectivity index (χ2n) is 3.83. The van der Waals surface area contributed by atoms with Gasteiger partial charge < -0.3 is 15.2 Å². The number of esters is 1. The monoisotopic (exact) mass is 187 g/mol. The Labute approximate surface area is 78.4 Å². The molecule has 0 unspecified atom stereocenters. The van der Waals surface area contributed by atoms with Gasteiger partial charge in [0.15, 0.2) is 0 Å². The Morgan fingerprint density at radius 1 is 1.62 bits per heavy atom. The maximum atomic E-state index is 11.3. The Morgan fingerprint density at radius 3 is 2.62 bits per heavy atom. The second kappa shape index (κ2) is 4.58. The van der Waals surface area contributed by atoms with Gasteiger partial charge in [-0.1, -0.05) is 13.8 Å². The number of hydrogen-bond donors (Lipinski definition) is 1. The summed E-state index contributed by atoms with van der Waals surface area (Å²) in [6.07, 6.45) is 0.609. The largest absolute Gasteiger partial charge is 0.456 e. The second-order valence-corrected chi connectivity index (χ2v) is 3.83. The highest BCUT2D eigenvalue weighted by Crippen LogP contribution is 2.09. The molecule has 1 rings (SSSR count). The van der Waals surface area contributed by atoms with Crippen LogP contribution in [0.15, 0.2) is 0 Å². The number of ether oxygens (including phenoxy) is 2. The number of carbonyl (C=O) groups is 1. The Hall–Kier alpha value is -0.610. The maximum Gasteiger partial charge on any atom is 0.323 e. The molecule has 0 bridgehead atoms. The summed E-state index contributed by atoms with van der Waals surface area (Å²) in [5.41, 5.74) is 5.63. The predicted molar refractivity (Wildman–Crippen MR) is 48.1 cm³/mol. The summed E-state index contributed by atoms with van der Waals surface area (Å²) in [6.45, 7) is 5.08. The zero-order valence-corrected chi connectivity index (χ0v) is 8.16. The Balaban J connectivity index is 2.20. The summed E-state index contributed by atoms with van der Waals surface area (Å²) in [7, 11) is 0. The van der Waals surface area contributed by atoms with Crippen LogP contribution in [0.25, 0.3) is 0 Å². The van der Waals surface area contributed by atoms with E-state index in [1.807, 2.05) is 13.8 Å². The van der Waals surface area contributed by atoms with Crippen LogP contribution in [0.5, 0.6) is 0 Å². The van der Waals surface area contributed by atoms with Crippen LogP contribution < -0.4 is 5.73 Å². The van der Waals surface area contributed by atoms with E-state index in [2.05, 4.69) is 0 Å². The lowest BCUT2D eigenvalue weighted by molar-refractivity contribution is -0.173. The minimum Gasteiger partial charge on any atom is -0.456 e. The summed E-state index contributed by atoms with van der Waals surface area (Å²) in [5.74, 6) is 0.113. The van der Waals surface area contributed by atoms with Crippen LogP contribution in [0, 0.1) is 5.92 Å². The molecule has 4 heteroatoms. The third-order valence-corrected chi connectivity index (χ3v) is 1.92. The zero-order valence-electron chi connectivity index (χ0n) is 8.16. The van der Waals surface area contributed by atoms with Gasteiger partial charge in [0.25, 0.3) is 0 Å². The van der Waals surface area contributed by atoms with E-state index in [1.165, 1.54) is 0 Å². The van der Waals surface area contributed by atoms with Crippen molar-refractivity contribution >= 4 is 5.97 Å². The van der Waals surface area contributed by atoms with Crippen LogP contribution in [-0.2, 0) is 14.3 Å². The Kier molecular flexibility index (Phi) is 3.69. The van der Waals surface area contributed by atoms with Crippen molar-refractivity contribution in [1.82, 2.24) is 0 Å².